The van der Waals surface area contributed by atoms with Crippen molar-refractivity contribution in [2.24, 2.45) is 7.05 Å². The Morgan fingerprint density at radius 3 is 2.60 bits per heavy atom. The molecule has 1 aliphatic heterocycles. The third-order valence-corrected chi connectivity index (χ3v) is 5.44. The molecule has 1 saturated carbocycles. The maximum atomic E-state index is 13.1. The molecular weight excluding hydrogens is 314 g/mol. The molecule has 0 atom stereocenters. The Bertz CT molecular complexity index is 728. The Morgan fingerprint density at radius 1 is 1.16 bits per heavy atom. The Kier molecular flexibility index (Phi) is 4.53. The molecule has 132 valence electrons. The topological polar surface area (TPSA) is 54.3 Å². The van der Waals surface area contributed by atoms with Gasteiger partial charge in [-0.05, 0) is 25.0 Å². The summed E-state index contributed by atoms with van der Waals surface area (Å²) >= 11 is 0. The molecule has 2 aromatic heterocycles. The van der Waals surface area contributed by atoms with E-state index in [-0.39, 0.29) is 5.91 Å². The molecule has 0 radical (unpaired) electrons. The standard InChI is InChI=1S/C19H25N5O/c1-22-14-17(18(21-22)15-5-4-8-20-13-15)19(25)24-11-9-23(10-12-24)16-6-2-3-7-16/h4-5,8,13-14,16H,2-3,6-7,9-12H2,1H3. The summed E-state index contributed by atoms with van der Waals surface area (Å²) in [4.78, 5) is 21.8. The molecule has 6 heteroatoms. The minimum atomic E-state index is 0.0815. The number of nitrogens with zero attached hydrogens (tertiary/aromatic N) is 5. The highest BCUT2D eigenvalue weighted by Gasteiger charge is 2.29. The van der Waals surface area contributed by atoms with Gasteiger partial charge in [0.1, 0.15) is 5.69 Å². The monoisotopic (exact) mass is 339 g/mol. The van der Waals surface area contributed by atoms with Gasteiger partial charge in [0.2, 0.25) is 0 Å². The lowest BCUT2D eigenvalue weighted by Gasteiger charge is -2.38. The normalized spacial score (nSPS) is 19.5. The van der Waals surface area contributed by atoms with Crippen molar-refractivity contribution in [3.05, 3.63) is 36.3 Å². The lowest BCUT2D eigenvalue weighted by atomic mass is 10.1. The maximum absolute atomic E-state index is 13.1. The number of amides is 1. The van der Waals surface area contributed by atoms with Crippen LogP contribution in [0.25, 0.3) is 11.3 Å². The Balaban J connectivity index is 1.49. The number of carbonyl (C=O) groups is 1. The van der Waals surface area contributed by atoms with E-state index in [1.54, 1.807) is 17.1 Å². The van der Waals surface area contributed by atoms with Gasteiger partial charge < -0.3 is 4.90 Å². The van der Waals surface area contributed by atoms with Crippen molar-refractivity contribution >= 4 is 5.91 Å². The summed E-state index contributed by atoms with van der Waals surface area (Å²) in [5.74, 6) is 0.0815. The van der Waals surface area contributed by atoms with Crippen molar-refractivity contribution < 1.29 is 4.79 Å². The van der Waals surface area contributed by atoms with Crippen LogP contribution in [-0.4, -0.2) is 62.7 Å². The zero-order chi connectivity index (χ0) is 17.2. The maximum Gasteiger partial charge on any atom is 0.257 e. The first kappa shape index (κ1) is 16.3. The predicted octanol–water partition coefficient (Wildman–Crippen LogP) is 2.18. The second-order valence-electron chi connectivity index (χ2n) is 7.07. The molecule has 2 aliphatic rings. The predicted molar refractivity (Wildman–Crippen MR) is 96.2 cm³/mol. The molecule has 6 nitrogen and oxygen atoms in total. The van der Waals surface area contributed by atoms with Gasteiger partial charge >= 0.3 is 0 Å². The molecule has 2 fully saturated rings. The first-order valence-corrected chi connectivity index (χ1v) is 9.20. The van der Waals surface area contributed by atoms with E-state index in [1.165, 1.54) is 25.7 Å². The highest BCUT2D eigenvalue weighted by atomic mass is 16.2. The van der Waals surface area contributed by atoms with E-state index < -0.39 is 0 Å². The Morgan fingerprint density at radius 2 is 1.92 bits per heavy atom. The minimum absolute atomic E-state index is 0.0815. The molecule has 3 heterocycles. The number of carbonyl (C=O) groups excluding carboxylic acids is 1. The van der Waals surface area contributed by atoms with Gasteiger partial charge in [-0.25, -0.2) is 0 Å². The van der Waals surface area contributed by atoms with Crippen LogP contribution in [0.1, 0.15) is 36.0 Å². The van der Waals surface area contributed by atoms with Gasteiger partial charge in [-0.2, -0.15) is 5.10 Å². The van der Waals surface area contributed by atoms with Crippen molar-refractivity contribution in [1.82, 2.24) is 24.6 Å². The van der Waals surface area contributed by atoms with Crippen LogP contribution in [0.4, 0.5) is 0 Å². The number of pyridine rings is 1. The van der Waals surface area contributed by atoms with Crippen molar-refractivity contribution in [3.8, 4) is 11.3 Å². The van der Waals surface area contributed by atoms with Crippen LogP contribution in [0, 0.1) is 0 Å². The van der Waals surface area contributed by atoms with Crippen LogP contribution in [0.2, 0.25) is 0 Å². The summed E-state index contributed by atoms with van der Waals surface area (Å²) in [6, 6.07) is 4.56. The molecule has 0 unspecified atom stereocenters. The Hall–Kier alpha value is -2.21. The fourth-order valence-corrected chi connectivity index (χ4v) is 4.09. The van der Waals surface area contributed by atoms with Crippen LogP contribution in [0.15, 0.2) is 30.7 Å². The van der Waals surface area contributed by atoms with Crippen LogP contribution in [0.3, 0.4) is 0 Å². The molecule has 4 rings (SSSR count). The highest BCUT2D eigenvalue weighted by molar-refractivity contribution is 5.99. The number of piperazine rings is 1. The van der Waals surface area contributed by atoms with Gasteiger partial charge in [0.15, 0.2) is 0 Å². The molecule has 1 amide bonds. The van der Waals surface area contributed by atoms with E-state index >= 15 is 0 Å². The molecule has 0 spiro atoms. The van der Waals surface area contributed by atoms with Crippen LogP contribution >= 0.6 is 0 Å². The van der Waals surface area contributed by atoms with Crippen molar-refractivity contribution in [3.63, 3.8) is 0 Å². The van der Waals surface area contributed by atoms with Gasteiger partial charge in [-0.1, -0.05) is 12.8 Å². The summed E-state index contributed by atoms with van der Waals surface area (Å²) < 4.78 is 1.71. The molecule has 0 N–H and O–H groups in total. The molecule has 1 aliphatic carbocycles. The van der Waals surface area contributed by atoms with E-state index in [9.17, 15) is 4.79 Å². The highest BCUT2D eigenvalue weighted by Crippen LogP contribution is 2.26. The molecule has 25 heavy (non-hydrogen) atoms. The summed E-state index contributed by atoms with van der Waals surface area (Å²) in [5.41, 5.74) is 2.28. The third kappa shape index (κ3) is 3.31. The van der Waals surface area contributed by atoms with E-state index in [1.807, 2.05) is 30.3 Å². The lowest BCUT2D eigenvalue weighted by molar-refractivity contribution is 0.0574. The number of aromatic nitrogens is 3. The van der Waals surface area contributed by atoms with Crippen molar-refractivity contribution in [2.45, 2.75) is 31.7 Å². The van der Waals surface area contributed by atoms with Crippen LogP contribution < -0.4 is 0 Å². The second-order valence-corrected chi connectivity index (χ2v) is 7.07. The number of hydrogen-bond acceptors (Lipinski definition) is 4. The lowest BCUT2D eigenvalue weighted by Crippen LogP contribution is -2.51. The van der Waals surface area contributed by atoms with Crippen LogP contribution in [0.5, 0.6) is 0 Å². The zero-order valence-corrected chi connectivity index (χ0v) is 14.8. The van der Waals surface area contributed by atoms with Gasteiger partial charge in [0.05, 0.1) is 5.56 Å². The second kappa shape index (κ2) is 6.96. The number of aryl methyl sites for hydroxylation is 1. The average molecular weight is 339 g/mol. The fraction of sp³-hybridized carbons (Fsp3) is 0.526. The van der Waals surface area contributed by atoms with Crippen molar-refractivity contribution in [1.29, 1.82) is 0 Å². The number of hydrogen-bond donors (Lipinski definition) is 0. The number of rotatable bonds is 3. The molecule has 0 bridgehead atoms. The molecule has 2 aromatic rings. The van der Waals surface area contributed by atoms with E-state index in [0.717, 1.165) is 43.5 Å². The average Bonchev–Trinajstić information content (AvgIpc) is 3.32. The van der Waals surface area contributed by atoms with Gasteiger partial charge in [-0.3, -0.25) is 19.4 Å². The first-order chi connectivity index (χ1) is 12.2. The smallest absolute Gasteiger partial charge is 0.257 e. The van der Waals surface area contributed by atoms with Gasteiger partial charge in [0.25, 0.3) is 5.91 Å². The largest absolute Gasteiger partial charge is 0.336 e. The van der Waals surface area contributed by atoms with E-state index in [2.05, 4.69) is 15.0 Å². The summed E-state index contributed by atoms with van der Waals surface area (Å²) in [6.45, 7) is 3.57. The summed E-state index contributed by atoms with van der Waals surface area (Å²) in [5, 5.41) is 4.49. The first-order valence-electron chi connectivity index (χ1n) is 9.20. The summed E-state index contributed by atoms with van der Waals surface area (Å²) in [6.07, 6.45) is 10.7. The summed E-state index contributed by atoms with van der Waals surface area (Å²) in [7, 11) is 1.86. The minimum Gasteiger partial charge on any atom is -0.336 e. The van der Waals surface area contributed by atoms with Gasteiger partial charge in [-0.15, -0.1) is 0 Å². The quantitative estimate of drug-likeness (QED) is 0.860. The van der Waals surface area contributed by atoms with Gasteiger partial charge in [0, 0.05) is 63.4 Å². The third-order valence-electron chi connectivity index (χ3n) is 5.44. The Labute approximate surface area is 148 Å². The van der Waals surface area contributed by atoms with Crippen molar-refractivity contribution in [2.75, 3.05) is 26.2 Å². The zero-order valence-electron chi connectivity index (χ0n) is 14.8. The molecular formula is C19H25N5O. The fourth-order valence-electron chi connectivity index (χ4n) is 4.09. The SMILES string of the molecule is Cn1cc(C(=O)N2CCN(C3CCCC3)CC2)c(-c2cccnc2)n1. The van der Waals surface area contributed by atoms with Crippen LogP contribution in [-0.2, 0) is 7.05 Å². The molecule has 0 aromatic carbocycles. The van der Waals surface area contributed by atoms with E-state index in [0.29, 0.717) is 5.56 Å². The van der Waals surface area contributed by atoms with E-state index in [4.69, 9.17) is 0 Å². The molecule has 1 saturated heterocycles.